The molecule has 0 saturated carbocycles. The molecule has 2 aromatic rings. The molecule has 19 heavy (non-hydrogen) atoms. The molecule has 0 radical (unpaired) electrons. The number of fused-ring (bicyclic) bond motifs is 1. The predicted molar refractivity (Wildman–Crippen MR) is 70.9 cm³/mol. The number of nitrogens with one attached hydrogen (secondary N) is 1. The minimum Gasteiger partial charge on any atom is -0.490 e. The lowest BCUT2D eigenvalue weighted by Crippen LogP contribution is -2.10. The first kappa shape index (κ1) is 12.0. The maximum Gasteiger partial charge on any atom is 0.272 e. The molecule has 0 bridgehead atoms. The Morgan fingerprint density at radius 1 is 1.16 bits per heavy atom. The van der Waals surface area contributed by atoms with E-state index in [1.807, 2.05) is 0 Å². The molecule has 2 heterocycles. The van der Waals surface area contributed by atoms with Crippen molar-refractivity contribution >= 4 is 11.6 Å². The summed E-state index contributed by atoms with van der Waals surface area (Å²) in [6.45, 7) is 1.23. The average Bonchev–Trinajstić information content (AvgIpc) is 2.66. The van der Waals surface area contributed by atoms with E-state index >= 15 is 0 Å². The van der Waals surface area contributed by atoms with Crippen LogP contribution in [0.15, 0.2) is 29.1 Å². The van der Waals surface area contributed by atoms with E-state index < -0.39 is 0 Å². The van der Waals surface area contributed by atoms with Crippen LogP contribution < -0.4 is 15.0 Å². The van der Waals surface area contributed by atoms with Crippen molar-refractivity contribution in [3.63, 3.8) is 0 Å². The Hall–Kier alpha value is -2.01. The van der Waals surface area contributed by atoms with Gasteiger partial charge in [0.05, 0.1) is 18.8 Å². The highest BCUT2D eigenvalue weighted by Crippen LogP contribution is 2.33. The van der Waals surface area contributed by atoms with Gasteiger partial charge in [-0.3, -0.25) is 4.79 Å². The molecule has 1 aromatic carbocycles. The summed E-state index contributed by atoms with van der Waals surface area (Å²) in [5.74, 6) is 1.33. The van der Waals surface area contributed by atoms with Gasteiger partial charge in [0.1, 0.15) is 5.15 Å². The van der Waals surface area contributed by atoms with E-state index in [-0.39, 0.29) is 10.7 Å². The summed E-state index contributed by atoms with van der Waals surface area (Å²) in [4.78, 5) is 11.8. The summed E-state index contributed by atoms with van der Waals surface area (Å²) in [5.41, 5.74) is 0.879. The Morgan fingerprint density at radius 2 is 1.95 bits per heavy atom. The van der Waals surface area contributed by atoms with E-state index in [1.54, 1.807) is 18.2 Å². The van der Waals surface area contributed by atoms with Crippen molar-refractivity contribution in [1.82, 2.24) is 10.2 Å². The molecule has 5 nitrogen and oxygen atoms in total. The van der Waals surface area contributed by atoms with Crippen molar-refractivity contribution in [2.75, 3.05) is 13.2 Å². The van der Waals surface area contributed by atoms with Gasteiger partial charge >= 0.3 is 0 Å². The van der Waals surface area contributed by atoms with Crippen LogP contribution in [0.4, 0.5) is 0 Å². The van der Waals surface area contributed by atoms with Gasteiger partial charge in [-0.1, -0.05) is 17.7 Å². The SMILES string of the molecule is O=c1[nH]nc(Cl)cc1-c1ccc2c(c1)OCCCO2. The normalized spacial score (nSPS) is 13.9. The van der Waals surface area contributed by atoms with Gasteiger partial charge in [-0.05, 0) is 23.8 Å². The standard InChI is InChI=1S/C13H11ClN2O3/c14-12-7-9(13(17)16-15-12)8-2-3-10-11(6-8)19-5-1-4-18-10/h2-3,6-7H,1,4-5H2,(H,16,17). The van der Waals surface area contributed by atoms with Crippen LogP contribution in [-0.4, -0.2) is 23.4 Å². The number of rotatable bonds is 1. The molecule has 1 N–H and O–H groups in total. The molecule has 0 unspecified atom stereocenters. The van der Waals surface area contributed by atoms with Gasteiger partial charge in [0.15, 0.2) is 11.5 Å². The predicted octanol–water partition coefficient (Wildman–Crippen LogP) is 2.25. The number of H-pyrrole nitrogens is 1. The number of hydrogen-bond acceptors (Lipinski definition) is 4. The Balaban J connectivity index is 2.08. The fraction of sp³-hybridized carbons (Fsp3) is 0.231. The molecule has 6 heteroatoms. The van der Waals surface area contributed by atoms with Crippen LogP contribution in [0.25, 0.3) is 11.1 Å². The lowest BCUT2D eigenvalue weighted by Gasteiger charge is -2.09. The summed E-state index contributed by atoms with van der Waals surface area (Å²) < 4.78 is 11.1. The highest BCUT2D eigenvalue weighted by atomic mass is 35.5. The first-order chi connectivity index (χ1) is 9.24. The van der Waals surface area contributed by atoms with Gasteiger partial charge in [-0.2, -0.15) is 5.10 Å². The zero-order valence-electron chi connectivity index (χ0n) is 9.98. The van der Waals surface area contributed by atoms with Crippen LogP contribution in [-0.2, 0) is 0 Å². The number of benzene rings is 1. The largest absolute Gasteiger partial charge is 0.490 e. The Morgan fingerprint density at radius 3 is 2.79 bits per heavy atom. The monoisotopic (exact) mass is 278 g/mol. The molecule has 1 aliphatic rings. The van der Waals surface area contributed by atoms with E-state index in [1.165, 1.54) is 6.07 Å². The lowest BCUT2D eigenvalue weighted by molar-refractivity contribution is 0.297. The third-order valence-electron chi connectivity index (χ3n) is 2.83. The summed E-state index contributed by atoms with van der Waals surface area (Å²) in [7, 11) is 0. The highest BCUT2D eigenvalue weighted by molar-refractivity contribution is 6.29. The van der Waals surface area contributed by atoms with Gasteiger partial charge in [0.2, 0.25) is 0 Å². The van der Waals surface area contributed by atoms with Gasteiger partial charge in [0, 0.05) is 6.42 Å². The molecule has 3 rings (SSSR count). The molecule has 1 aromatic heterocycles. The second-order valence-corrected chi connectivity index (χ2v) is 4.53. The maximum absolute atomic E-state index is 11.8. The van der Waals surface area contributed by atoms with E-state index in [2.05, 4.69) is 10.2 Å². The summed E-state index contributed by atoms with van der Waals surface area (Å²) in [6, 6.07) is 6.90. The fourth-order valence-corrected chi connectivity index (χ4v) is 2.08. The molecule has 0 spiro atoms. The van der Waals surface area contributed by atoms with Crippen LogP contribution in [0.2, 0.25) is 5.15 Å². The summed E-state index contributed by atoms with van der Waals surface area (Å²) >= 11 is 5.80. The first-order valence-electron chi connectivity index (χ1n) is 5.89. The zero-order chi connectivity index (χ0) is 13.2. The Labute approximate surface area is 114 Å². The molecular formula is C13H11ClN2O3. The second kappa shape index (κ2) is 4.93. The average molecular weight is 279 g/mol. The van der Waals surface area contributed by atoms with Crippen LogP contribution in [0.1, 0.15) is 6.42 Å². The smallest absolute Gasteiger partial charge is 0.272 e. The van der Waals surface area contributed by atoms with E-state index in [4.69, 9.17) is 21.1 Å². The minimum atomic E-state index is -0.293. The number of halogens is 1. The van der Waals surface area contributed by atoms with Gasteiger partial charge in [-0.15, -0.1) is 0 Å². The Bertz CT molecular complexity index is 669. The molecule has 1 aliphatic heterocycles. The van der Waals surface area contributed by atoms with Crippen molar-refractivity contribution in [3.8, 4) is 22.6 Å². The van der Waals surface area contributed by atoms with E-state index in [0.29, 0.717) is 30.3 Å². The second-order valence-electron chi connectivity index (χ2n) is 4.15. The van der Waals surface area contributed by atoms with Crippen molar-refractivity contribution in [2.24, 2.45) is 0 Å². The zero-order valence-corrected chi connectivity index (χ0v) is 10.7. The Kier molecular flexibility index (Phi) is 3.13. The van der Waals surface area contributed by atoms with Crippen LogP contribution in [0.3, 0.4) is 0 Å². The van der Waals surface area contributed by atoms with Crippen LogP contribution >= 0.6 is 11.6 Å². The van der Waals surface area contributed by atoms with Crippen molar-refractivity contribution < 1.29 is 9.47 Å². The van der Waals surface area contributed by atoms with E-state index in [9.17, 15) is 4.79 Å². The molecule has 98 valence electrons. The summed E-state index contributed by atoms with van der Waals surface area (Å²) in [6.07, 6.45) is 0.839. The van der Waals surface area contributed by atoms with Crippen LogP contribution in [0, 0.1) is 0 Å². The third kappa shape index (κ3) is 2.42. The maximum atomic E-state index is 11.8. The molecule has 0 aliphatic carbocycles. The number of hydrogen-bond donors (Lipinski definition) is 1. The number of nitrogens with zero attached hydrogens (tertiary/aromatic N) is 1. The molecular weight excluding hydrogens is 268 g/mol. The number of ether oxygens (including phenoxy) is 2. The minimum absolute atomic E-state index is 0.238. The van der Waals surface area contributed by atoms with Crippen molar-refractivity contribution in [1.29, 1.82) is 0 Å². The quantitative estimate of drug-likeness (QED) is 0.869. The van der Waals surface area contributed by atoms with Gasteiger partial charge < -0.3 is 9.47 Å². The lowest BCUT2D eigenvalue weighted by atomic mass is 10.1. The topological polar surface area (TPSA) is 64.2 Å². The number of aromatic amines is 1. The fourth-order valence-electron chi connectivity index (χ4n) is 1.93. The van der Waals surface area contributed by atoms with Crippen LogP contribution in [0.5, 0.6) is 11.5 Å². The molecule has 0 atom stereocenters. The summed E-state index contributed by atoms with van der Waals surface area (Å²) in [5, 5.41) is 6.23. The highest BCUT2D eigenvalue weighted by Gasteiger charge is 2.13. The third-order valence-corrected chi connectivity index (χ3v) is 3.02. The van der Waals surface area contributed by atoms with Crippen molar-refractivity contribution in [2.45, 2.75) is 6.42 Å². The number of aromatic nitrogens is 2. The molecule has 0 saturated heterocycles. The van der Waals surface area contributed by atoms with E-state index in [0.717, 1.165) is 12.0 Å². The molecule has 0 fully saturated rings. The van der Waals surface area contributed by atoms with Gasteiger partial charge in [-0.25, -0.2) is 5.10 Å². The van der Waals surface area contributed by atoms with Crippen molar-refractivity contribution in [3.05, 3.63) is 39.8 Å². The van der Waals surface area contributed by atoms with Gasteiger partial charge in [0.25, 0.3) is 5.56 Å². The molecule has 0 amide bonds. The first-order valence-corrected chi connectivity index (χ1v) is 6.27.